The number of rotatable bonds is 2. The van der Waals surface area contributed by atoms with E-state index in [1.165, 1.54) is 64.6 Å². The quantitative estimate of drug-likeness (QED) is 0.198. The fourth-order valence-electron chi connectivity index (χ4n) is 7.27. The third-order valence-electron chi connectivity index (χ3n) is 9.26. The zero-order valence-electron chi connectivity index (χ0n) is 23.6. The molecule has 3 heteroatoms. The van der Waals surface area contributed by atoms with E-state index >= 15 is 0 Å². The Labute approximate surface area is 252 Å². The van der Waals surface area contributed by atoms with Crippen molar-refractivity contribution in [2.45, 2.75) is 0 Å². The molecule has 0 unspecified atom stereocenters. The van der Waals surface area contributed by atoms with Crippen molar-refractivity contribution in [2.75, 3.05) is 0 Å². The minimum Gasteiger partial charge on any atom is -0.256 e. The van der Waals surface area contributed by atoms with Gasteiger partial charge < -0.3 is 0 Å². The average Bonchev–Trinajstić information content (AvgIpc) is 3.09. The highest BCUT2D eigenvalue weighted by molar-refractivity contribution is 6.37. The molecule has 0 aliphatic heterocycles. The molecule has 0 bridgehead atoms. The Bertz CT molecular complexity index is 2760. The fourth-order valence-corrected chi connectivity index (χ4v) is 7.27. The van der Waals surface area contributed by atoms with E-state index < -0.39 is 0 Å². The van der Waals surface area contributed by atoms with Gasteiger partial charge in [-0.15, -0.1) is 0 Å². The van der Waals surface area contributed by atoms with Crippen LogP contribution in [0, 0.1) is 0 Å². The molecular formula is C41H23N3. The smallest absolute Gasteiger partial charge is 0.0901 e. The normalized spacial score (nSPS) is 12.1. The second-order valence-corrected chi connectivity index (χ2v) is 11.7. The van der Waals surface area contributed by atoms with Crippen LogP contribution in [0.15, 0.2) is 140 Å². The van der Waals surface area contributed by atoms with Gasteiger partial charge >= 0.3 is 0 Å². The van der Waals surface area contributed by atoms with Crippen LogP contribution < -0.4 is 0 Å². The zero-order valence-corrected chi connectivity index (χ0v) is 23.6. The first-order valence-corrected chi connectivity index (χ1v) is 14.9. The van der Waals surface area contributed by atoms with Gasteiger partial charge in [0.1, 0.15) is 0 Å². The molecule has 2 heterocycles. The largest absolute Gasteiger partial charge is 0.256 e. The summed E-state index contributed by atoms with van der Waals surface area (Å²) in [6.45, 7) is 0. The van der Waals surface area contributed by atoms with Gasteiger partial charge in [0.2, 0.25) is 0 Å². The molecular weight excluding hydrogens is 534 g/mol. The van der Waals surface area contributed by atoms with Gasteiger partial charge in [-0.2, -0.15) is 0 Å². The first-order valence-electron chi connectivity index (χ1n) is 14.9. The van der Waals surface area contributed by atoms with Crippen molar-refractivity contribution in [2.24, 2.45) is 0 Å². The van der Waals surface area contributed by atoms with Crippen LogP contribution in [0.3, 0.4) is 0 Å². The maximum Gasteiger partial charge on any atom is 0.0901 e. The molecule has 8 aromatic carbocycles. The first kappa shape index (κ1) is 23.6. The molecule has 10 aromatic rings. The summed E-state index contributed by atoms with van der Waals surface area (Å²) in [4.78, 5) is 14.4. The van der Waals surface area contributed by atoms with Gasteiger partial charge in [0.05, 0.1) is 29.3 Å². The first-order chi connectivity index (χ1) is 21.8. The molecule has 3 nitrogen and oxygen atoms in total. The molecule has 0 aliphatic rings. The molecule has 202 valence electrons. The van der Waals surface area contributed by atoms with E-state index in [1.54, 1.807) is 0 Å². The van der Waals surface area contributed by atoms with Gasteiger partial charge in [0.25, 0.3) is 0 Å². The lowest BCUT2D eigenvalue weighted by atomic mass is 9.87. The lowest BCUT2D eigenvalue weighted by Crippen LogP contribution is -1.92. The van der Waals surface area contributed by atoms with Gasteiger partial charge in [-0.05, 0) is 88.9 Å². The maximum absolute atomic E-state index is 4.94. The number of aromatic nitrogens is 3. The lowest BCUT2D eigenvalue weighted by molar-refractivity contribution is 1.21. The second kappa shape index (κ2) is 8.79. The molecule has 0 radical (unpaired) electrons. The number of pyridine rings is 1. The highest BCUT2D eigenvalue weighted by Gasteiger charge is 2.16. The number of hydrogen-bond donors (Lipinski definition) is 0. The number of para-hydroxylation sites is 1. The number of nitrogens with zero attached hydrogens (tertiary/aromatic N) is 3. The van der Waals surface area contributed by atoms with E-state index in [4.69, 9.17) is 9.97 Å². The van der Waals surface area contributed by atoms with Crippen molar-refractivity contribution in [3.05, 3.63) is 140 Å². The molecule has 0 amide bonds. The summed E-state index contributed by atoms with van der Waals surface area (Å²) in [5.41, 5.74) is 4.65. The number of benzene rings is 7. The Balaban J connectivity index is 1.29. The average molecular weight is 558 g/mol. The monoisotopic (exact) mass is 557 g/mol. The van der Waals surface area contributed by atoms with Crippen molar-refractivity contribution in [3.63, 3.8) is 0 Å². The van der Waals surface area contributed by atoms with Crippen LogP contribution in [0.2, 0.25) is 0 Å². The van der Waals surface area contributed by atoms with Crippen molar-refractivity contribution in [1.82, 2.24) is 15.0 Å². The van der Waals surface area contributed by atoms with Crippen molar-refractivity contribution >= 4 is 75.5 Å². The van der Waals surface area contributed by atoms with E-state index in [0.717, 1.165) is 33.4 Å². The van der Waals surface area contributed by atoms with Crippen molar-refractivity contribution in [1.29, 1.82) is 0 Å². The van der Waals surface area contributed by atoms with Gasteiger partial charge in [-0.1, -0.05) is 97.1 Å². The van der Waals surface area contributed by atoms with Gasteiger partial charge in [0.15, 0.2) is 0 Å². The summed E-state index contributed by atoms with van der Waals surface area (Å²) in [7, 11) is 0. The van der Waals surface area contributed by atoms with E-state index in [0.29, 0.717) is 0 Å². The molecule has 10 rings (SSSR count). The predicted octanol–water partition coefficient (Wildman–Crippen LogP) is 10.7. The third kappa shape index (κ3) is 3.29. The van der Waals surface area contributed by atoms with Crippen LogP contribution in [-0.4, -0.2) is 15.0 Å². The minimum atomic E-state index is 0.811. The lowest BCUT2D eigenvalue weighted by Gasteiger charge is -2.17. The molecule has 0 aliphatic carbocycles. The summed E-state index contributed by atoms with van der Waals surface area (Å²) in [5.74, 6) is 0. The molecule has 0 saturated heterocycles. The highest BCUT2D eigenvalue weighted by Crippen LogP contribution is 2.44. The molecule has 2 aromatic heterocycles. The van der Waals surface area contributed by atoms with Crippen LogP contribution >= 0.6 is 0 Å². The summed E-state index contributed by atoms with van der Waals surface area (Å²) >= 11 is 0. The van der Waals surface area contributed by atoms with Gasteiger partial charge in [-0.3, -0.25) is 15.0 Å². The van der Waals surface area contributed by atoms with Crippen LogP contribution in [0.1, 0.15) is 0 Å². The van der Waals surface area contributed by atoms with Gasteiger partial charge in [-0.25, -0.2) is 0 Å². The Kier molecular flexibility index (Phi) is 4.72. The number of hydrogen-bond acceptors (Lipinski definition) is 3. The highest BCUT2D eigenvalue weighted by atomic mass is 14.8. The molecule has 0 spiro atoms. The zero-order chi connectivity index (χ0) is 28.8. The predicted molar refractivity (Wildman–Crippen MR) is 184 cm³/mol. The third-order valence-corrected chi connectivity index (χ3v) is 9.26. The van der Waals surface area contributed by atoms with Crippen LogP contribution in [0.25, 0.3) is 98.1 Å². The van der Waals surface area contributed by atoms with E-state index in [2.05, 4.69) is 108 Å². The minimum absolute atomic E-state index is 0.811. The maximum atomic E-state index is 4.94. The summed E-state index contributed by atoms with van der Waals surface area (Å²) in [6, 6.07) is 44.0. The second-order valence-electron chi connectivity index (χ2n) is 11.7. The molecule has 0 saturated carbocycles. The molecule has 44 heavy (non-hydrogen) atoms. The molecule has 0 fully saturated rings. The van der Waals surface area contributed by atoms with Crippen molar-refractivity contribution < 1.29 is 0 Å². The molecule has 0 atom stereocenters. The summed E-state index contributed by atoms with van der Waals surface area (Å²) < 4.78 is 0. The molecule has 0 N–H and O–H groups in total. The Morgan fingerprint density at radius 1 is 0.318 bits per heavy atom. The Morgan fingerprint density at radius 3 is 1.45 bits per heavy atom. The summed E-state index contributed by atoms with van der Waals surface area (Å²) in [5, 5.41) is 16.3. The Morgan fingerprint density at radius 2 is 0.818 bits per heavy atom. The standard InChI is InChI=1S/C41H23N3/c1-2-13-35-27(6-1)18-30(21-42-35)37-23-43-36(22-44-37)29-19-28-17-16-26-8-4-11-32-31-10-3-7-24-14-15-25-9-5-12-33(40(25)38(24)31)34(20-29)41(28)39(26)32/h1-23H. The number of fused-ring (bicyclic) bond motifs is 3. The van der Waals surface area contributed by atoms with E-state index in [-0.39, 0.29) is 0 Å². The van der Waals surface area contributed by atoms with Crippen LogP contribution in [0.5, 0.6) is 0 Å². The fraction of sp³-hybridized carbons (Fsp3) is 0. The van der Waals surface area contributed by atoms with Crippen LogP contribution in [0.4, 0.5) is 0 Å². The SMILES string of the molecule is c1ccc2ncc(-c3cnc(-c4cc5ccc6cccc7c8cccc9ccc%10cccc(c(c4)c5c67)c%10c98)cn3)cc2c1. The Hall–Kier alpha value is -5.93. The van der Waals surface area contributed by atoms with E-state index in [1.807, 2.05) is 36.8 Å². The van der Waals surface area contributed by atoms with Crippen LogP contribution in [-0.2, 0) is 0 Å². The topological polar surface area (TPSA) is 38.7 Å². The van der Waals surface area contributed by atoms with Crippen molar-refractivity contribution in [3.8, 4) is 22.5 Å². The summed E-state index contributed by atoms with van der Waals surface area (Å²) in [6.07, 6.45) is 5.63. The van der Waals surface area contributed by atoms with E-state index in [9.17, 15) is 0 Å². The van der Waals surface area contributed by atoms with Gasteiger partial charge in [0, 0.05) is 22.7 Å².